The van der Waals surface area contributed by atoms with E-state index in [0.717, 1.165) is 0 Å². The Morgan fingerprint density at radius 3 is 2.14 bits per heavy atom. The molecule has 0 spiro atoms. The summed E-state index contributed by atoms with van der Waals surface area (Å²) in [6, 6.07) is 26.6. The summed E-state index contributed by atoms with van der Waals surface area (Å²) in [7, 11) is -3.68. The van der Waals surface area contributed by atoms with Crippen LogP contribution in [0.1, 0.15) is 11.1 Å². The van der Waals surface area contributed by atoms with Gasteiger partial charge in [-0.1, -0.05) is 53.0 Å². The second kappa shape index (κ2) is 9.96. The maximum absolute atomic E-state index is 13.0. The largest absolute Gasteiger partial charge is 0.259 e. The van der Waals surface area contributed by atoms with Gasteiger partial charge in [0, 0.05) is 5.56 Å². The molecule has 0 aromatic heterocycles. The number of nitrogens with one attached hydrogen (secondary N) is 1. The van der Waals surface area contributed by atoms with Crippen LogP contribution in [0, 0.1) is 11.3 Å². The van der Waals surface area contributed by atoms with Crippen LogP contribution in [0.25, 0.3) is 0 Å². The van der Waals surface area contributed by atoms with Crippen LogP contribution in [-0.2, 0) is 9.84 Å². The van der Waals surface area contributed by atoms with Crippen molar-refractivity contribution in [3.8, 4) is 6.07 Å². The van der Waals surface area contributed by atoms with E-state index in [4.69, 9.17) is 34.8 Å². The molecule has 0 aliphatic carbocycles. The molecular weight excluding hydrogens is 553 g/mol. The molecule has 0 radical (unpaired) electrons. The second-order valence-corrected chi connectivity index (χ2v) is 11.1. The smallest absolute Gasteiger partial charge is 0.206 e. The third-order valence-electron chi connectivity index (χ3n) is 5.53. The molecule has 4 aromatic rings. The van der Waals surface area contributed by atoms with Gasteiger partial charge in [-0.15, -0.1) is 10.2 Å². The summed E-state index contributed by atoms with van der Waals surface area (Å²) in [6.45, 7) is 0. The maximum atomic E-state index is 13.0. The number of anilines is 2. The Hall–Kier alpha value is -3.74. The van der Waals surface area contributed by atoms with Crippen LogP contribution in [0.3, 0.4) is 0 Å². The molecule has 0 atom stereocenters. The molecule has 0 saturated heterocycles. The Labute approximate surface area is 228 Å². The van der Waals surface area contributed by atoms with Crippen molar-refractivity contribution >= 4 is 61.9 Å². The Kier molecular flexibility index (Phi) is 6.71. The van der Waals surface area contributed by atoms with Crippen molar-refractivity contribution in [1.29, 1.82) is 5.26 Å². The van der Waals surface area contributed by atoms with Crippen molar-refractivity contribution in [2.75, 3.05) is 10.2 Å². The fraction of sp³-hybridized carbons (Fsp3) is 0. The first kappa shape index (κ1) is 24.9. The van der Waals surface area contributed by atoms with Crippen LogP contribution in [0.5, 0.6) is 0 Å². The molecule has 0 saturated carbocycles. The number of hydrogen-bond donors (Lipinski definition) is 1. The number of hydrogen-bond acceptors (Lipinski definition) is 7. The molecule has 1 heterocycles. The number of benzene rings is 4. The van der Waals surface area contributed by atoms with Crippen molar-refractivity contribution < 1.29 is 8.42 Å². The van der Waals surface area contributed by atoms with Gasteiger partial charge in [-0.3, -0.25) is 5.43 Å². The minimum Gasteiger partial charge on any atom is -0.259 e. The monoisotopic (exact) mass is 567 g/mol. The average molecular weight is 569 g/mol. The van der Waals surface area contributed by atoms with E-state index >= 15 is 0 Å². The number of rotatable bonds is 5. The Morgan fingerprint density at radius 1 is 0.784 bits per heavy atom. The van der Waals surface area contributed by atoms with E-state index in [1.807, 2.05) is 0 Å². The fourth-order valence-corrected chi connectivity index (χ4v) is 5.49. The lowest BCUT2D eigenvalue weighted by atomic mass is 10.2. The summed E-state index contributed by atoms with van der Waals surface area (Å²) in [4.78, 5) is 0.355. The van der Waals surface area contributed by atoms with Gasteiger partial charge >= 0.3 is 0 Å². The average Bonchev–Trinajstić information content (AvgIpc) is 3.36. The number of sulfone groups is 1. The van der Waals surface area contributed by atoms with E-state index in [1.54, 1.807) is 77.9 Å². The molecule has 1 aliphatic heterocycles. The van der Waals surface area contributed by atoms with E-state index in [9.17, 15) is 13.7 Å². The van der Waals surface area contributed by atoms with E-state index in [0.29, 0.717) is 43.4 Å². The third kappa shape index (κ3) is 4.82. The minimum atomic E-state index is -3.68. The predicted octanol–water partition coefficient (Wildman–Crippen LogP) is 6.46. The Balaban J connectivity index is 1.54. The molecule has 0 amide bonds. The van der Waals surface area contributed by atoms with E-state index in [2.05, 4.69) is 16.6 Å². The topological polar surface area (TPSA) is 88.8 Å². The van der Waals surface area contributed by atoms with Crippen LogP contribution in [0.2, 0.25) is 15.1 Å². The molecule has 1 N–H and O–H groups in total. The Bertz CT molecular complexity index is 1670. The second-order valence-electron chi connectivity index (χ2n) is 7.88. The highest BCUT2D eigenvalue weighted by Crippen LogP contribution is 2.33. The normalized spacial score (nSPS) is 13.2. The molecule has 0 unspecified atom stereocenters. The molecular formula is C26H16Cl3N5O2S. The highest BCUT2D eigenvalue weighted by molar-refractivity contribution is 7.91. The number of hydrazone groups is 1. The van der Waals surface area contributed by atoms with Crippen LogP contribution in [0.4, 0.5) is 11.4 Å². The number of nitrogens with zero attached hydrogens (tertiary/aromatic N) is 4. The van der Waals surface area contributed by atoms with E-state index < -0.39 is 9.84 Å². The van der Waals surface area contributed by atoms with Crippen LogP contribution in [0.15, 0.2) is 106 Å². The van der Waals surface area contributed by atoms with Gasteiger partial charge in [0.15, 0.2) is 5.84 Å². The first-order valence-electron chi connectivity index (χ1n) is 10.8. The van der Waals surface area contributed by atoms with Crippen molar-refractivity contribution in [1.82, 2.24) is 5.43 Å². The van der Waals surface area contributed by atoms with Gasteiger partial charge in [-0.25, -0.2) is 8.42 Å². The van der Waals surface area contributed by atoms with Crippen molar-refractivity contribution in [2.24, 2.45) is 5.10 Å². The summed E-state index contributed by atoms with van der Waals surface area (Å²) in [5.74, 6) is 0.444. The minimum absolute atomic E-state index is 0.148. The highest BCUT2D eigenvalue weighted by atomic mass is 35.5. The molecule has 7 nitrogen and oxygen atoms in total. The SMILES string of the molecule is N#Cc1ccc(N2N=C(c3ccc(Cl)c(Cl)c3)NN2c2ccc(S(=O)(=O)c3ccccc3)cc2)c(Cl)c1. The van der Waals surface area contributed by atoms with Gasteiger partial charge in [0.2, 0.25) is 9.84 Å². The number of amidine groups is 1. The van der Waals surface area contributed by atoms with Crippen LogP contribution >= 0.6 is 34.8 Å². The van der Waals surface area contributed by atoms with Gasteiger partial charge in [0.05, 0.1) is 42.2 Å². The standard InChI is InChI=1S/C26H16Cl3N5O2S/c27-22-12-7-18(15-23(22)28)26-31-33(34(32-26)25-13-6-17(16-30)14-24(25)29)19-8-10-21(11-9-19)37(35,36)20-4-2-1-3-5-20/h1-15H,(H,31,32). The molecule has 1 aliphatic rings. The molecule has 184 valence electrons. The molecule has 37 heavy (non-hydrogen) atoms. The molecule has 11 heteroatoms. The Morgan fingerprint density at radius 2 is 1.49 bits per heavy atom. The first-order chi connectivity index (χ1) is 17.8. The number of hydrazine groups is 2. The quantitative estimate of drug-likeness (QED) is 0.297. The van der Waals surface area contributed by atoms with Crippen molar-refractivity contribution in [2.45, 2.75) is 9.79 Å². The van der Waals surface area contributed by atoms with Gasteiger partial charge in [0.1, 0.15) is 5.69 Å². The molecule has 5 rings (SSSR count). The first-order valence-corrected chi connectivity index (χ1v) is 13.4. The maximum Gasteiger partial charge on any atom is 0.206 e. The predicted molar refractivity (Wildman–Crippen MR) is 146 cm³/mol. The van der Waals surface area contributed by atoms with Crippen molar-refractivity contribution in [3.05, 3.63) is 117 Å². The lowest BCUT2D eigenvalue weighted by molar-refractivity contribution is 0.596. The molecule has 0 bridgehead atoms. The third-order valence-corrected chi connectivity index (χ3v) is 8.35. The zero-order valence-electron chi connectivity index (χ0n) is 18.8. The lowest BCUT2D eigenvalue weighted by Gasteiger charge is -2.28. The van der Waals surface area contributed by atoms with Crippen LogP contribution < -0.4 is 15.7 Å². The molecule has 4 aromatic carbocycles. The number of nitriles is 1. The van der Waals surface area contributed by atoms with E-state index in [-0.39, 0.29) is 9.79 Å². The molecule has 0 fully saturated rings. The lowest BCUT2D eigenvalue weighted by Crippen LogP contribution is -2.44. The fourth-order valence-electron chi connectivity index (χ4n) is 3.65. The van der Waals surface area contributed by atoms with Crippen LogP contribution in [-0.4, -0.2) is 14.3 Å². The summed E-state index contributed by atoms with van der Waals surface area (Å²) in [6.07, 6.45) is 0. The van der Waals surface area contributed by atoms with Crippen molar-refractivity contribution in [3.63, 3.8) is 0 Å². The van der Waals surface area contributed by atoms with Gasteiger partial charge in [0.25, 0.3) is 0 Å². The summed E-state index contributed by atoms with van der Waals surface area (Å²) in [5, 5.41) is 18.1. The zero-order valence-corrected chi connectivity index (χ0v) is 21.9. The number of halogens is 3. The van der Waals surface area contributed by atoms with Gasteiger partial charge in [-0.2, -0.15) is 10.4 Å². The zero-order chi connectivity index (χ0) is 26.2. The summed E-state index contributed by atoms with van der Waals surface area (Å²) in [5.41, 5.74) is 5.33. The van der Waals surface area contributed by atoms with Gasteiger partial charge < -0.3 is 0 Å². The highest BCUT2D eigenvalue weighted by Gasteiger charge is 2.29. The van der Waals surface area contributed by atoms with Gasteiger partial charge in [-0.05, 0) is 72.8 Å². The summed E-state index contributed by atoms with van der Waals surface area (Å²) < 4.78 is 26.0. The summed E-state index contributed by atoms with van der Waals surface area (Å²) >= 11 is 18.8. The van der Waals surface area contributed by atoms with E-state index in [1.165, 1.54) is 23.3 Å².